The number of carboxylic acids is 1. The van der Waals surface area contributed by atoms with Crippen molar-refractivity contribution in [1.82, 2.24) is 4.90 Å². The van der Waals surface area contributed by atoms with Crippen molar-refractivity contribution in [2.45, 2.75) is 12.8 Å². The lowest BCUT2D eigenvalue weighted by Crippen LogP contribution is -2.40. The highest BCUT2D eigenvalue weighted by Crippen LogP contribution is 2.23. The van der Waals surface area contributed by atoms with Crippen LogP contribution in [-0.2, 0) is 9.53 Å². The summed E-state index contributed by atoms with van der Waals surface area (Å²) < 4.78 is 5.85. The van der Waals surface area contributed by atoms with Crippen molar-refractivity contribution >= 4 is 23.9 Å². The zero-order valence-electron chi connectivity index (χ0n) is 15.3. The van der Waals surface area contributed by atoms with Gasteiger partial charge < -0.3 is 9.84 Å². The molecule has 5 heteroatoms. The first-order valence-corrected chi connectivity index (χ1v) is 9.12. The number of halogens is 1. The lowest BCUT2D eigenvalue weighted by Gasteiger charge is -2.30. The monoisotopic (exact) mass is 387 g/mol. The number of aliphatic carboxylic acids is 1. The maximum atomic E-state index is 11.2. The van der Waals surface area contributed by atoms with Crippen molar-refractivity contribution in [3.8, 4) is 0 Å². The number of benzene rings is 2. The summed E-state index contributed by atoms with van der Waals surface area (Å²) in [6.45, 7) is 2.86. The van der Waals surface area contributed by atoms with E-state index in [0.717, 1.165) is 42.6 Å². The molecular weight excluding hydrogens is 362 g/mol. The Labute approximate surface area is 166 Å². The number of rotatable bonds is 7. The number of ether oxygens (including phenoxy) is 1. The Morgan fingerprint density at radius 2 is 1.67 bits per heavy atom. The van der Waals surface area contributed by atoms with E-state index < -0.39 is 5.97 Å². The smallest absolute Gasteiger partial charge is 0.307 e. The quantitative estimate of drug-likeness (QED) is 0.568. The summed E-state index contributed by atoms with van der Waals surface area (Å²) in [5.74, 6) is -0.936. The minimum atomic E-state index is -0.689. The Balaban J connectivity index is 0.00000261. The minimum absolute atomic E-state index is 0. The molecule has 0 amide bonds. The van der Waals surface area contributed by atoms with Gasteiger partial charge in [0.05, 0.1) is 12.2 Å². The standard InChI is InChI=1S/C22H25NO3.ClH/c24-22(25)20-12-7-13-23(16-20)14-15-26-17-21(18-8-3-1-4-9-18)19-10-5-2-6-11-19;/h1-6,8-11,17,20H,7,12-16H2,(H,24,25);1H. The second-order valence-corrected chi connectivity index (χ2v) is 6.61. The Morgan fingerprint density at radius 3 is 2.22 bits per heavy atom. The highest BCUT2D eigenvalue weighted by Gasteiger charge is 2.24. The van der Waals surface area contributed by atoms with Gasteiger partial charge in [0.1, 0.15) is 6.61 Å². The second-order valence-electron chi connectivity index (χ2n) is 6.61. The molecule has 0 saturated carbocycles. The third-order valence-corrected chi connectivity index (χ3v) is 4.75. The molecule has 0 radical (unpaired) electrons. The summed E-state index contributed by atoms with van der Waals surface area (Å²) in [5, 5.41) is 9.19. The molecule has 0 bridgehead atoms. The third-order valence-electron chi connectivity index (χ3n) is 4.75. The van der Waals surface area contributed by atoms with E-state index in [2.05, 4.69) is 29.2 Å². The van der Waals surface area contributed by atoms with Gasteiger partial charge in [-0.2, -0.15) is 0 Å². The van der Waals surface area contributed by atoms with Crippen LogP contribution < -0.4 is 0 Å². The molecule has 1 unspecified atom stereocenters. The van der Waals surface area contributed by atoms with Crippen LogP contribution in [0.3, 0.4) is 0 Å². The van der Waals surface area contributed by atoms with Gasteiger partial charge >= 0.3 is 5.97 Å². The van der Waals surface area contributed by atoms with Gasteiger partial charge in [-0.3, -0.25) is 9.69 Å². The van der Waals surface area contributed by atoms with Crippen molar-refractivity contribution in [3.05, 3.63) is 78.1 Å². The van der Waals surface area contributed by atoms with Crippen molar-refractivity contribution in [2.75, 3.05) is 26.2 Å². The number of nitrogens with zero attached hydrogens (tertiary/aromatic N) is 1. The maximum absolute atomic E-state index is 11.2. The van der Waals surface area contributed by atoms with Crippen molar-refractivity contribution in [2.24, 2.45) is 5.92 Å². The van der Waals surface area contributed by atoms with Crippen LogP contribution in [0.1, 0.15) is 24.0 Å². The molecule has 1 atom stereocenters. The summed E-state index contributed by atoms with van der Waals surface area (Å²) in [4.78, 5) is 13.3. The fraction of sp³-hybridized carbons (Fsp3) is 0.318. The van der Waals surface area contributed by atoms with Crippen molar-refractivity contribution in [1.29, 1.82) is 0 Å². The third kappa shape index (κ3) is 6.12. The van der Waals surface area contributed by atoms with E-state index in [1.807, 2.05) is 42.7 Å². The van der Waals surface area contributed by atoms with E-state index >= 15 is 0 Å². The molecule has 4 nitrogen and oxygen atoms in total. The summed E-state index contributed by atoms with van der Waals surface area (Å²) in [7, 11) is 0. The predicted octanol–water partition coefficient (Wildman–Crippen LogP) is 4.31. The molecule has 27 heavy (non-hydrogen) atoms. The largest absolute Gasteiger partial charge is 0.499 e. The van der Waals surface area contributed by atoms with E-state index in [1.54, 1.807) is 0 Å². The Kier molecular flexibility index (Phi) is 8.37. The van der Waals surface area contributed by atoms with E-state index in [4.69, 9.17) is 4.74 Å². The lowest BCUT2D eigenvalue weighted by atomic mass is 9.98. The summed E-state index contributed by atoms with van der Waals surface area (Å²) in [6, 6.07) is 20.4. The van der Waals surface area contributed by atoms with Crippen LogP contribution in [0, 0.1) is 5.92 Å². The van der Waals surface area contributed by atoms with Gasteiger partial charge in [0.25, 0.3) is 0 Å². The Morgan fingerprint density at radius 1 is 1.07 bits per heavy atom. The molecule has 1 aliphatic heterocycles. The molecule has 0 aliphatic carbocycles. The van der Waals surface area contributed by atoms with E-state index in [1.165, 1.54) is 0 Å². The summed E-state index contributed by atoms with van der Waals surface area (Å²) in [6.07, 6.45) is 3.54. The van der Waals surface area contributed by atoms with Crippen LogP contribution in [0.4, 0.5) is 0 Å². The SMILES string of the molecule is Cl.O=C(O)C1CCCN(CCOC=C(c2ccccc2)c2ccccc2)C1. The number of carboxylic acid groups (broad SMARTS) is 1. The second kappa shape index (κ2) is 10.8. The maximum Gasteiger partial charge on any atom is 0.307 e. The first-order chi connectivity index (χ1) is 12.7. The zero-order valence-corrected chi connectivity index (χ0v) is 16.1. The molecule has 2 aromatic carbocycles. The van der Waals surface area contributed by atoms with Gasteiger partial charge in [-0.25, -0.2) is 0 Å². The average molecular weight is 388 g/mol. The predicted molar refractivity (Wildman–Crippen MR) is 110 cm³/mol. The van der Waals surface area contributed by atoms with Gasteiger partial charge in [0.2, 0.25) is 0 Å². The molecule has 1 aliphatic rings. The number of piperidine rings is 1. The van der Waals surface area contributed by atoms with Crippen molar-refractivity contribution in [3.63, 3.8) is 0 Å². The number of hydrogen-bond acceptors (Lipinski definition) is 3. The van der Waals surface area contributed by atoms with Gasteiger partial charge in [0.15, 0.2) is 0 Å². The molecule has 2 aromatic rings. The lowest BCUT2D eigenvalue weighted by molar-refractivity contribution is -0.143. The Hall–Kier alpha value is -2.30. The first-order valence-electron chi connectivity index (χ1n) is 9.12. The van der Waals surface area contributed by atoms with Crippen LogP contribution >= 0.6 is 12.4 Å². The molecule has 0 spiro atoms. The van der Waals surface area contributed by atoms with Gasteiger partial charge in [-0.05, 0) is 30.5 Å². The van der Waals surface area contributed by atoms with Crippen molar-refractivity contribution < 1.29 is 14.6 Å². The Bertz CT molecular complexity index is 692. The number of hydrogen-bond donors (Lipinski definition) is 1. The normalized spacial score (nSPS) is 16.8. The number of likely N-dealkylation sites (tertiary alicyclic amines) is 1. The molecule has 3 rings (SSSR count). The molecule has 0 aromatic heterocycles. The fourth-order valence-corrected chi connectivity index (χ4v) is 3.32. The first kappa shape index (κ1) is 21.0. The van der Waals surface area contributed by atoms with Crippen LogP contribution in [0.25, 0.3) is 5.57 Å². The van der Waals surface area contributed by atoms with Gasteiger partial charge in [-0.1, -0.05) is 60.7 Å². The van der Waals surface area contributed by atoms with E-state index in [9.17, 15) is 9.90 Å². The van der Waals surface area contributed by atoms with Crippen LogP contribution in [-0.4, -0.2) is 42.2 Å². The summed E-state index contributed by atoms with van der Waals surface area (Å²) in [5.41, 5.74) is 3.28. The fourth-order valence-electron chi connectivity index (χ4n) is 3.32. The zero-order chi connectivity index (χ0) is 18.2. The van der Waals surface area contributed by atoms with Crippen LogP contribution in [0.5, 0.6) is 0 Å². The molecule has 1 fully saturated rings. The average Bonchev–Trinajstić information content (AvgIpc) is 2.69. The number of carbonyl (C=O) groups is 1. The van der Waals surface area contributed by atoms with Crippen LogP contribution in [0.15, 0.2) is 66.9 Å². The van der Waals surface area contributed by atoms with E-state index in [0.29, 0.717) is 13.2 Å². The highest BCUT2D eigenvalue weighted by molar-refractivity contribution is 5.85. The van der Waals surface area contributed by atoms with E-state index in [-0.39, 0.29) is 18.3 Å². The van der Waals surface area contributed by atoms with Crippen LogP contribution in [0.2, 0.25) is 0 Å². The molecule has 1 heterocycles. The topological polar surface area (TPSA) is 49.8 Å². The molecular formula is C22H26ClNO3. The molecule has 144 valence electrons. The molecule has 1 N–H and O–H groups in total. The van der Waals surface area contributed by atoms with Gasteiger partial charge in [-0.15, -0.1) is 12.4 Å². The highest BCUT2D eigenvalue weighted by atomic mass is 35.5. The summed E-state index contributed by atoms with van der Waals surface area (Å²) >= 11 is 0. The minimum Gasteiger partial charge on any atom is -0.499 e. The van der Waals surface area contributed by atoms with Gasteiger partial charge in [0, 0.05) is 18.7 Å². The molecule has 1 saturated heterocycles.